The van der Waals surface area contributed by atoms with Gasteiger partial charge in [-0.05, 0) is 37.8 Å². The van der Waals surface area contributed by atoms with E-state index >= 15 is 0 Å². The van der Waals surface area contributed by atoms with Crippen molar-refractivity contribution in [3.05, 3.63) is 0 Å². The van der Waals surface area contributed by atoms with Gasteiger partial charge in [0.1, 0.15) is 0 Å². The van der Waals surface area contributed by atoms with Crippen LogP contribution < -0.4 is 5.32 Å². The van der Waals surface area contributed by atoms with E-state index in [-0.39, 0.29) is 0 Å². The van der Waals surface area contributed by atoms with Crippen LogP contribution in [0.15, 0.2) is 0 Å². The molecule has 3 fully saturated rings. The van der Waals surface area contributed by atoms with Gasteiger partial charge in [0, 0.05) is 19.1 Å². The molecule has 3 aliphatic rings. The number of nitrogens with zero attached hydrogens (tertiary/aromatic N) is 1. The Morgan fingerprint density at radius 3 is 2.14 bits per heavy atom. The molecule has 0 bridgehead atoms. The molecule has 0 aromatic rings. The third-order valence-corrected chi connectivity index (χ3v) is 4.51. The summed E-state index contributed by atoms with van der Waals surface area (Å²) in [5.74, 6) is 1.97. The Bertz CT molecular complexity index is 186. The lowest BCUT2D eigenvalue weighted by Gasteiger charge is -2.31. The van der Waals surface area contributed by atoms with E-state index in [0.29, 0.717) is 0 Å². The lowest BCUT2D eigenvalue weighted by molar-refractivity contribution is 0.179. The Hall–Kier alpha value is -0.0800. The lowest BCUT2D eigenvalue weighted by atomic mass is 9.94. The summed E-state index contributed by atoms with van der Waals surface area (Å²) in [5, 5.41) is 3.52. The van der Waals surface area contributed by atoms with E-state index in [9.17, 15) is 0 Å². The molecule has 2 heteroatoms. The van der Waals surface area contributed by atoms with Crippen LogP contribution in [0.4, 0.5) is 0 Å². The molecule has 2 aliphatic heterocycles. The van der Waals surface area contributed by atoms with Gasteiger partial charge in [-0.15, -0.1) is 0 Å². The highest BCUT2D eigenvalue weighted by atomic mass is 15.2. The van der Waals surface area contributed by atoms with Crippen molar-refractivity contribution in [3.8, 4) is 0 Å². The average molecular weight is 194 g/mol. The first-order valence-corrected chi connectivity index (χ1v) is 6.38. The number of nitrogens with one attached hydrogen (secondary N) is 1. The van der Waals surface area contributed by atoms with Gasteiger partial charge in [0.15, 0.2) is 0 Å². The fourth-order valence-electron chi connectivity index (χ4n) is 3.64. The van der Waals surface area contributed by atoms with Gasteiger partial charge in [0.25, 0.3) is 0 Å². The Labute approximate surface area is 87.0 Å². The van der Waals surface area contributed by atoms with Crippen LogP contribution in [0, 0.1) is 11.8 Å². The highest BCUT2D eigenvalue weighted by Crippen LogP contribution is 2.32. The van der Waals surface area contributed by atoms with Gasteiger partial charge >= 0.3 is 0 Å². The van der Waals surface area contributed by atoms with Crippen molar-refractivity contribution in [1.82, 2.24) is 10.2 Å². The zero-order valence-electron chi connectivity index (χ0n) is 9.04. The van der Waals surface area contributed by atoms with E-state index in [1.165, 1.54) is 58.3 Å². The van der Waals surface area contributed by atoms with E-state index in [1.54, 1.807) is 0 Å². The second-order valence-corrected chi connectivity index (χ2v) is 5.42. The summed E-state index contributed by atoms with van der Waals surface area (Å²) in [6, 6.07) is 0.953. The summed E-state index contributed by atoms with van der Waals surface area (Å²) < 4.78 is 0. The molecular formula is C12H22N2. The number of hydrogen-bond acceptors (Lipinski definition) is 2. The predicted octanol–water partition coefficient (Wildman–Crippen LogP) is 1.47. The Kier molecular flexibility index (Phi) is 2.50. The van der Waals surface area contributed by atoms with E-state index in [0.717, 1.165) is 17.9 Å². The lowest BCUT2D eigenvalue weighted by Crippen LogP contribution is -2.36. The van der Waals surface area contributed by atoms with Crippen molar-refractivity contribution >= 4 is 0 Å². The molecule has 0 amide bonds. The number of likely N-dealkylation sites (tertiary alicyclic amines) is 1. The van der Waals surface area contributed by atoms with Gasteiger partial charge in [0.2, 0.25) is 0 Å². The minimum absolute atomic E-state index is 0.953. The molecule has 0 unspecified atom stereocenters. The van der Waals surface area contributed by atoms with Gasteiger partial charge in [-0.3, -0.25) is 4.90 Å². The monoisotopic (exact) mass is 194 g/mol. The maximum absolute atomic E-state index is 3.52. The van der Waals surface area contributed by atoms with Crippen LogP contribution in [0.1, 0.15) is 32.1 Å². The molecule has 2 nitrogen and oxygen atoms in total. The van der Waals surface area contributed by atoms with Crippen LogP contribution in [0.5, 0.6) is 0 Å². The van der Waals surface area contributed by atoms with E-state index in [1.807, 2.05) is 0 Å². The minimum atomic E-state index is 0.953. The summed E-state index contributed by atoms with van der Waals surface area (Å²) >= 11 is 0. The second-order valence-electron chi connectivity index (χ2n) is 5.42. The zero-order chi connectivity index (χ0) is 9.38. The van der Waals surface area contributed by atoms with E-state index < -0.39 is 0 Å². The molecule has 14 heavy (non-hydrogen) atoms. The highest BCUT2D eigenvalue weighted by molar-refractivity contribution is 4.93. The number of rotatable bonds is 1. The van der Waals surface area contributed by atoms with Crippen molar-refractivity contribution in [2.24, 2.45) is 11.8 Å². The summed E-state index contributed by atoms with van der Waals surface area (Å²) in [6.45, 7) is 5.35. The van der Waals surface area contributed by atoms with E-state index in [4.69, 9.17) is 0 Å². The third kappa shape index (κ3) is 1.59. The molecule has 0 aromatic heterocycles. The van der Waals surface area contributed by atoms with E-state index in [2.05, 4.69) is 10.2 Å². The molecule has 3 rings (SSSR count). The Morgan fingerprint density at radius 1 is 0.857 bits per heavy atom. The predicted molar refractivity (Wildman–Crippen MR) is 58.3 cm³/mol. The molecule has 2 heterocycles. The van der Waals surface area contributed by atoms with Crippen LogP contribution >= 0.6 is 0 Å². The normalized spacial score (nSPS) is 40.3. The fraction of sp³-hybridized carbons (Fsp3) is 1.00. The maximum atomic E-state index is 3.52. The SMILES string of the molecule is C1CCC(N2C[C@@H]3CNC[C@H]3C2)CC1. The standard InChI is InChI=1S/C12H22N2/c1-2-4-12(5-3-1)14-8-10-6-13-7-11(10)9-14/h10-13H,1-9H2/t10-,11-/m0/s1. The Morgan fingerprint density at radius 2 is 1.50 bits per heavy atom. The van der Waals surface area contributed by atoms with Gasteiger partial charge < -0.3 is 5.32 Å². The average Bonchev–Trinajstić information content (AvgIpc) is 2.78. The van der Waals surface area contributed by atoms with Gasteiger partial charge in [-0.1, -0.05) is 19.3 Å². The van der Waals surface area contributed by atoms with Crippen LogP contribution in [-0.4, -0.2) is 37.1 Å². The molecule has 0 radical (unpaired) electrons. The van der Waals surface area contributed by atoms with Gasteiger partial charge in [-0.2, -0.15) is 0 Å². The summed E-state index contributed by atoms with van der Waals surface area (Å²) in [5.41, 5.74) is 0. The molecule has 80 valence electrons. The van der Waals surface area contributed by atoms with Crippen molar-refractivity contribution < 1.29 is 0 Å². The fourth-order valence-corrected chi connectivity index (χ4v) is 3.64. The Balaban J connectivity index is 1.59. The topological polar surface area (TPSA) is 15.3 Å². The minimum Gasteiger partial charge on any atom is -0.316 e. The molecule has 0 aromatic carbocycles. The van der Waals surface area contributed by atoms with Crippen LogP contribution in [0.25, 0.3) is 0 Å². The molecule has 0 spiro atoms. The summed E-state index contributed by atoms with van der Waals surface area (Å²) in [4.78, 5) is 2.80. The van der Waals surface area contributed by atoms with Gasteiger partial charge in [0.05, 0.1) is 0 Å². The molecule has 2 saturated heterocycles. The van der Waals surface area contributed by atoms with Crippen LogP contribution in [-0.2, 0) is 0 Å². The summed E-state index contributed by atoms with van der Waals surface area (Å²) in [6.07, 6.45) is 7.40. The third-order valence-electron chi connectivity index (χ3n) is 4.51. The van der Waals surface area contributed by atoms with Gasteiger partial charge in [-0.25, -0.2) is 0 Å². The summed E-state index contributed by atoms with van der Waals surface area (Å²) in [7, 11) is 0. The van der Waals surface area contributed by atoms with Crippen LogP contribution in [0.3, 0.4) is 0 Å². The zero-order valence-corrected chi connectivity index (χ0v) is 9.04. The maximum Gasteiger partial charge on any atom is 0.00955 e. The molecule has 1 aliphatic carbocycles. The molecular weight excluding hydrogens is 172 g/mol. The number of hydrogen-bond donors (Lipinski definition) is 1. The molecule has 1 saturated carbocycles. The second kappa shape index (κ2) is 3.82. The quantitative estimate of drug-likeness (QED) is 0.680. The van der Waals surface area contributed by atoms with Crippen molar-refractivity contribution in [3.63, 3.8) is 0 Å². The first kappa shape index (κ1) is 9.17. The molecule has 2 atom stereocenters. The first-order chi connectivity index (χ1) is 6.93. The van der Waals surface area contributed by atoms with Crippen molar-refractivity contribution in [2.45, 2.75) is 38.1 Å². The molecule has 1 N–H and O–H groups in total. The first-order valence-electron chi connectivity index (χ1n) is 6.38. The van der Waals surface area contributed by atoms with Crippen molar-refractivity contribution in [2.75, 3.05) is 26.2 Å². The highest BCUT2D eigenvalue weighted by Gasteiger charge is 2.38. The number of fused-ring (bicyclic) bond motifs is 1. The van der Waals surface area contributed by atoms with Crippen molar-refractivity contribution in [1.29, 1.82) is 0 Å². The largest absolute Gasteiger partial charge is 0.316 e. The smallest absolute Gasteiger partial charge is 0.00955 e. The van der Waals surface area contributed by atoms with Crippen LogP contribution in [0.2, 0.25) is 0 Å².